The predicted octanol–water partition coefficient (Wildman–Crippen LogP) is 3.01. The summed E-state index contributed by atoms with van der Waals surface area (Å²) in [4.78, 5) is 24.4. The molecule has 0 fully saturated rings. The molecule has 0 spiro atoms. The van der Waals surface area contributed by atoms with Crippen LogP contribution in [0.15, 0.2) is 67.3 Å². The third-order valence-corrected chi connectivity index (χ3v) is 3.26. The molecule has 0 heterocycles. The number of hydrogen-bond acceptors (Lipinski definition) is 3. The molecule has 1 atom stereocenters. The zero-order valence-electron chi connectivity index (χ0n) is 13.5. The summed E-state index contributed by atoms with van der Waals surface area (Å²) in [5.41, 5.74) is 0.826. The first-order valence-corrected chi connectivity index (χ1v) is 7.62. The van der Waals surface area contributed by atoms with Gasteiger partial charge in [0, 0.05) is 6.54 Å². The van der Waals surface area contributed by atoms with Gasteiger partial charge < -0.3 is 15.4 Å². The summed E-state index contributed by atoms with van der Waals surface area (Å²) in [7, 11) is 0. The molecule has 0 unspecified atom stereocenters. The third kappa shape index (κ3) is 4.71. The first kappa shape index (κ1) is 17.3. The van der Waals surface area contributed by atoms with E-state index in [0.29, 0.717) is 23.5 Å². The SMILES string of the molecule is C=CCNC(=O)c1ccccc1NC(=O)[C@@H](C)Oc1ccccc1. The lowest BCUT2D eigenvalue weighted by atomic mass is 10.1. The number of carbonyl (C=O) groups excluding carboxylic acids is 2. The zero-order chi connectivity index (χ0) is 17.4. The minimum atomic E-state index is -0.698. The molecular formula is C19H20N2O3. The molecule has 0 aliphatic rings. The van der Waals surface area contributed by atoms with Crippen molar-refractivity contribution in [2.45, 2.75) is 13.0 Å². The Morgan fingerprint density at radius 2 is 1.79 bits per heavy atom. The van der Waals surface area contributed by atoms with E-state index in [1.165, 1.54) is 0 Å². The smallest absolute Gasteiger partial charge is 0.265 e. The summed E-state index contributed by atoms with van der Waals surface area (Å²) in [6, 6.07) is 15.9. The van der Waals surface area contributed by atoms with Crippen molar-refractivity contribution in [3.63, 3.8) is 0 Å². The number of carbonyl (C=O) groups is 2. The van der Waals surface area contributed by atoms with Gasteiger partial charge in [-0.1, -0.05) is 36.4 Å². The van der Waals surface area contributed by atoms with Crippen LogP contribution >= 0.6 is 0 Å². The summed E-state index contributed by atoms with van der Waals surface area (Å²) >= 11 is 0. The van der Waals surface area contributed by atoms with Crippen molar-refractivity contribution in [3.05, 3.63) is 72.8 Å². The Morgan fingerprint density at radius 3 is 2.50 bits per heavy atom. The molecule has 2 aromatic carbocycles. The Bertz CT molecular complexity index is 714. The molecule has 2 aromatic rings. The molecule has 0 aromatic heterocycles. The van der Waals surface area contributed by atoms with Crippen LogP contribution < -0.4 is 15.4 Å². The lowest BCUT2D eigenvalue weighted by Gasteiger charge is -2.16. The fourth-order valence-electron chi connectivity index (χ4n) is 2.04. The van der Waals surface area contributed by atoms with E-state index in [1.807, 2.05) is 18.2 Å². The van der Waals surface area contributed by atoms with Gasteiger partial charge in [-0.2, -0.15) is 0 Å². The van der Waals surface area contributed by atoms with Crippen molar-refractivity contribution in [1.29, 1.82) is 0 Å². The van der Waals surface area contributed by atoms with E-state index in [4.69, 9.17) is 4.74 Å². The van der Waals surface area contributed by atoms with Crippen LogP contribution in [0.5, 0.6) is 5.75 Å². The first-order chi connectivity index (χ1) is 11.6. The van der Waals surface area contributed by atoms with Crippen LogP contribution in [-0.2, 0) is 4.79 Å². The van der Waals surface area contributed by atoms with E-state index in [9.17, 15) is 9.59 Å². The van der Waals surface area contributed by atoms with E-state index in [-0.39, 0.29) is 11.8 Å². The molecule has 2 N–H and O–H groups in total. The summed E-state index contributed by atoms with van der Waals surface area (Å²) in [5.74, 6) is 0.00224. The minimum absolute atomic E-state index is 0.276. The standard InChI is InChI=1S/C19H20N2O3/c1-3-13-20-19(23)16-11-7-8-12-17(16)21-18(22)14(2)24-15-9-5-4-6-10-15/h3-12,14H,1,13H2,2H3,(H,20,23)(H,21,22)/t14-/m1/s1. The molecule has 24 heavy (non-hydrogen) atoms. The van der Waals surface area contributed by atoms with Crippen molar-refractivity contribution >= 4 is 17.5 Å². The van der Waals surface area contributed by atoms with Gasteiger partial charge in [0.1, 0.15) is 5.75 Å². The van der Waals surface area contributed by atoms with Crippen LogP contribution in [-0.4, -0.2) is 24.5 Å². The van der Waals surface area contributed by atoms with E-state index >= 15 is 0 Å². The summed E-state index contributed by atoms with van der Waals surface area (Å²) in [5, 5.41) is 5.43. The topological polar surface area (TPSA) is 67.4 Å². The van der Waals surface area contributed by atoms with Crippen molar-refractivity contribution < 1.29 is 14.3 Å². The Morgan fingerprint density at radius 1 is 1.12 bits per heavy atom. The first-order valence-electron chi connectivity index (χ1n) is 7.62. The molecule has 0 aliphatic heterocycles. The van der Waals surface area contributed by atoms with Gasteiger partial charge in [-0.3, -0.25) is 9.59 Å². The second-order valence-electron chi connectivity index (χ2n) is 5.11. The number of para-hydroxylation sites is 2. The molecule has 124 valence electrons. The lowest BCUT2D eigenvalue weighted by molar-refractivity contribution is -0.122. The van der Waals surface area contributed by atoms with Gasteiger partial charge in [-0.05, 0) is 31.2 Å². The molecule has 0 saturated heterocycles. The maximum absolute atomic E-state index is 12.3. The van der Waals surface area contributed by atoms with E-state index in [1.54, 1.807) is 49.4 Å². The lowest BCUT2D eigenvalue weighted by Crippen LogP contribution is -2.31. The molecule has 5 nitrogen and oxygen atoms in total. The minimum Gasteiger partial charge on any atom is -0.481 e. The number of amides is 2. The van der Waals surface area contributed by atoms with Crippen molar-refractivity contribution in [3.8, 4) is 5.75 Å². The van der Waals surface area contributed by atoms with Gasteiger partial charge in [-0.25, -0.2) is 0 Å². The largest absolute Gasteiger partial charge is 0.481 e. The number of ether oxygens (including phenoxy) is 1. The Labute approximate surface area is 141 Å². The fourth-order valence-corrected chi connectivity index (χ4v) is 2.04. The van der Waals surface area contributed by atoms with Gasteiger partial charge >= 0.3 is 0 Å². The molecule has 5 heteroatoms. The second-order valence-corrected chi connectivity index (χ2v) is 5.11. The van der Waals surface area contributed by atoms with Gasteiger partial charge in [0.2, 0.25) is 0 Å². The summed E-state index contributed by atoms with van der Waals surface area (Å²) in [6.07, 6.45) is 0.895. The summed E-state index contributed by atoms with van der Waals surface area (Å²) < 4.78 is 5.59. The monoisotopic (exact) mass is 324 g/mol. The molecule has 2 amide bonds. The summed E-state index contributed by atoms with van der Waals surface area (Å²) in [6.45, 7) is 5.57. The van der Waals surface area contributed by atoms with Gasteiger partial charge in [0.25, 0.3) is 11.8 Å². The number of benzene rings is 2. The van der Waals surface area contributed by atoms with Crippen LogP contribution in [0.1, 0.15) is 17.3 Å². The van der Waals surface area contributed by atoms with Crippen LogP contribution in [0.2, 0.25) is 0 Å². The Balaban J connectivity index is 2.05. The van der Waals surface area contributed by atoms with Crippen LogP contribution in [0, 0.1) is 0 Å². The van der Waals surface area contributed by atoms with Crippen molar-refractivity contribution in [1.82, 2.24) is 5.32 Å². The number of rotatable bonds is 7. The second kappa shape index (κ2) is 8.53. The normalized spacial score (nSPS) is 11.2. The molecule has 0 radical (unpaired) electrons. The molecule has 0 bridgehead atoms. The molecule has 0 aliphatic carbocycles. The van der Waals surface area contributed by atoms with E-state index in [2.05, 4.69) is 17.2 Å². The molecule has 0 saturated carbocycles. The quantitative estimate of drug-likeness (QED) is 0.769. The van der Waals surface area contributed by atoms with Gasteiger partial charge in [-0.15, -0.1) is 6.58 Å². The third-order valence-electron chi connectivity index (χ3n) is 3.26. The molecule has 2 rings (SSSR count). The highest BCUT2D eigenvalue weighted by Crippen LogP contribution is 2.17. The highest BCUT2D eigenvalue weighted by molar-refractivity contribution is 6.04. The van der Waals surface area contributed by atoms with Gasteiger partial charge in [0.05, 0.1) is 11.3 Å². The van der Waals surface area contributed by atoms with Crippen LogP contribution in [0.4, 0.5) is 5.69 Å². The number of anilines is 1. The highest BCUT2D eigenvalue weighted by Gasteiger charge is 2.18. The Kier molecular flexibility index (Phi) is 6.14. The van der Waals surface area contributed by atoms with Crippen LogP contribution in [0.25, 0.3) is 0 Å². The number of nitrogens with one attached hydrogen (secondary N) is 2. The average molecular weight is 324 g/mol. The Hall–Kier alpha value is -3.08. The van der Waals surface area contributed by atoms with E-state index < -0.39 is 6.10 Å². The average Bonchev–Trinajstić information content (AvgIpc) is 2.61. The molecular weight excluding hydrogens is 304 g/mol. The number of hydrogen-bond donors (Lipinski definition) is 2. The van der Waals surface area contributed by atoms with Crippen molar-refractivity contribution in [2.75, 3.05) is 11.9 Å². The fraction of sp³-hybridized carbons (Fsp3) is 0.158. The highest BCUT2D eigenvalue weighted by atomic mass is 16.5. The van der Waals surface area contributed by atoms with E-state index in [0.717, 1.165) is 0 Å². The zero-order valence-corrected chi connectivity index (χ0v) is 13.5. The van der Waals surface area contributed by atoms with Gasteiger partial charge in [0.15, 0.2) is 6.10 Å². The maximum atomic E-state index is 12.3. The van der Waals surface area contributed by atoms with Crippen LogP contribution in [0.3, 0.4) is 0 Å². The predicted molar refractivity (Wildman–Crippen MR) is 94.1 cm³/mol. The maximum Gasteiger partial charge on any atom is 0.265 e. The van der Waals surface area contributed by atoms with Crippen molar-refractivity contribution in [2.24, 2.45) is 0 Å².